The van der Waals surface area contributed by atoms with E-state index in [0.29, 0.717) is 11.3 Å². The number of nitrogens with zero attached hydrogens (tertiary/aromatic N) is 2. The lowest BCUT2D eigenvalue weighted by atomic mass is 10.0. The number of hydrogen-bond donors (Lipinski definition) is 1. The van der Waals surface area contributed by atoms with Gasteiger partial charge >= 0.3 is 0 Å². The van der Waals surface area contributed by atoms with Crippen LogP contribution < -0.4 is 10.2 Å². The number of rotatable bonds is 2. The van der Waals surface area contributed by atoms with Crippen molar-refractivity contribution < 1.29 is 9.18 Å². The number of fused-ring (bicyclic) bond motifs is 1. The van der Waals surface area contributed by atoms with E-state index in [-0.39, 0.29) is 11.7 Å². The molecule has 4 rings (SSSR count). The number of nitrogens with one attached hydrogen (secondary N) is 1. The molecule has 1 amide bonds. The molecule has 1 atom stereocenters. The number of benzene rings is 2. The predicted molar refractivity (Wildman–Crippen MR) is 90.3 cm³/mol. The molecule has 1 unspecified atom stereocenters. The van der Waals surface area contributed by atoms with Crippen LogP contribution in [-0.4, -0.2) is 10.9 Å². The van der Waals surface area contributed by atoms with Gasteiger partial charge in [-0.25, -0.2) is 4.39 Å². The van der Waals surface area contributed by atoms with Crippen LogP contribution in [0.3, 0.4) is 0 Å². The molecule has 2 heterocycles. The fraction of sp³-hybridized carbons (Fsp3) is 0.0526. The molecule has 0 radical (unpaired) electrons. The SMILES string of the molecule is O=C1c2ccccc2NC(c2cccnc2)N1c1ccc(F)cc1. The average Bonchev–Trinajstić information content (AvgIpc) is 2.63. The van der Waals surface area contributed by atoms with Crippen LogP contribution in [0.2, 0.25) is 0 Å². The van der Waals surface area contributed by atoms with Crippen molar-refractivity contribution >= 4 is 17.3 Å². The van der Waals surface area contributed by atoms with Crippen molar-refractivity contribution in [3.8, 4) is 0 Å². The third-order valence-corrected chi connectivity index (χ3v) is 4.03. The molecule has 4 nitrogen and oxygen atoms in total. The van der Waals surface area contributed by atoms with Gasteiger partial charge in [-0.1, -0.05) is 18.2 Å². The molecule has 24 heavy (non-hydrogen) atoms. The molecule has 3 aromatic rings. The summed E-state index contributed by atoms with van der Waals surface area (Å²) in [5.41, 5.74) is 2.83. The monoisotopic (exact) mass is 319 g/mol. The quantitative estimate of drug-likeness (QED) is 0.777. The molecule has 1 aromatic heterocycles. The van der Waals surface area contributed by atoms with Gasteiger partial charge in [0.25, 0.3) is 5.91 Å². The summed E-state index contributed by atoms with van der Waals surface area (Å²) in [5, 5.41) is 3.38. The molecule has 5 heteroatoms. The molecule has 0 fully saturated rings. The van der Waals surface area contributed by atoms with Gasteiger partial charge in [0, 0.05) is 29.3 Å². The van der Waals surface area contributed by atoms with Crippen molar-refractivity contribution in [1.82, 2.24) is 4.98 Å². The number of carbonyl (C=O) groups excluding carboxylic acids is 1. The van der Waals surface area contributed by atoms with E-state index in [1.54, 1.807) is 35.5 Å². The minimum atomic E-state index is -0.411. The van der Waals surface area contributed by atoms with Crippen molar-refractivity contribution in [3.63, 3.8) is 0 Å². The third kappa shape index (κ3) is 2.40. The zero-order valence-electron chi connectivity index (χ0n) is 12.7. The Labute approximate surface area is 138 Å². The minimum Gasteiger partial charge on any atom is -0.360 e. The van der Waals surface area contributed by atoms with E-state index in [1.165, 1.54) is 12.1 Å². The summed E-state index contributed by atoms with van der Waals surface area (Å²) in [6.45, 7) is 0. The van der Waals surface area contributed by atoms with Gasteiger partial charge in [0.1, 0.15) is 12.0 Å². The van der Waals surface area contributed by atoms with Crippen molar-refractivity contribution in [3.05, 3.63) is 90.0 Å². The van der Waals surface area contributed by atoms with Gasteiger partial charge in [0.2, 0.25) is 0 Å². The van der Waals surface area contributed by atoms with Crippen molar-refractivity contribution in [2.75, 3.05) is 10.2 Å². The van der Waals surface area contributed by atoms with Crippen LogP contribution in [0.5, 0.6) is 0 Å². The molecule has 0 saturated carbocycles. The molecule has 0 aliphatic carbocycles. The Balaban J connectivity index is 1.86. The van der Waals surface area contributed by atoms with Gasteiger partial charge in [-0.15, -0.1) is 0 Å². The first kappa shape index (κ1) is 14.4. The summed E-state index contributed by atoms with van der Waals surface area (Å²) in [5.74, 6) is -0.473. The first-order valence-electron chi connectivity index (χ1n) is 7.59. The van der Waals surface area contributed by atoms with Crippen molar-refractivity contribution in [2.45, 2.75) is 6.17 Å². The number of pyridine rings is 1. The molecule has 118 valence electrons. The third-order valence-electron chi connectivity index (χ3n) is 4.03. The first-order chi connectivity index (χ1) is 11.7. The van der Waals surface area contributed by atoms with E-state index < -0.39 is 6.17 Å². The normalized spacial score (nSPS) is 16.5. The Kier molecular flexibility index (Phi) is 3.46. The van der Waals surface area contributed by atoms with E-state index >= 15 is 0 Å². The van der Waals surface area contributed by atoms with Gasteiger partial charge in [-0.2, -0.15) is 0 Å². The Morgan fingerprint density at radius 1 is 1.00 bits per heavy atom. The highest BCUT2D eigenvalue weighted by Gasteiger charge is 2.33. The van der Waals surface area contributed by atoms with Crippen LogP contribution in [0.25, 0.3) is 0 Å². The van der Waals surface area contributed by atoms with E-state index in [9.17, 15) is 9.18 Å². The second-order valence-corrected chi connectivity index (χ2v) is 5.53. The number of carbonyl (C=O) groups is 1. The Bertz CT molecular complexity index is 881. The van der Waals surface area contributed by atoms with E-state index in [0.717, 1.165) is 11.3 Å². The van der Waals surface area contributed by atoms with Gasteiger partial charge < -0.3 is 5.32 Å². The largest absolute Gasteiger partial charge is 0.360 e. The second-order valence-electron chi connectivity index (χ2n) is 5.53. The summed E-state index contributed by atoms with van der Waals surface area (Å²) in [7, 11) is 0. The molecular formula is C19H14FN3O. The molecule has 1 aliphatic rings. The molecule has 2 aromatic carbocycles. The number of para-hydroxylation sites is 1. The van der Waals surface area contributed by atoms with Gasteiger partial charge in [-0.3, -0.25) is 14.7 Å². The molecule has 1 aliphatic heterocycles. The van der Waals surface area contributed by atoms with E-state index in [2.05, 4.69) is 10.3 Å². The lowest BCUT2D eigenvalue weighted by Gasteiger charge is -2.38. The summed E-state index contributed by atoms with van der Waals surface area (Å²) in [6.07, 6.45) is 2.99. The molecule has 0 bridgehead atoms. The average molecular weight is 319 g/mol. The van der Waals surface area contributed by atoms with Crippen LogP contribution in [0, 0.1) is 5.82 Å². The highest BCUT2D eigenvalue weighted by Crippen LogP contribution is 2.36. The number of anilines is 2. The molecule has 1 N–H and O–H groups in total. The van der Waals surface area contributed by atoms with Crippen LogP contribution in [0.4, 0.5) is 15.8 Å². The lowest BCUT2D eigenvalue weighted by Crippen LogP contribution is -2.43. The maximum Gasteiger partial charge on any atom is 0.262 e. The first-order valence-corrected chi connectivity index (χ1v) is 7.59. The standard InChI is InChI=1S/C19H14FN3O/c20-14-7-9-15(10-8-14)23-18(13-4-3-11-21-12-13)22-17-6-2-1-5-16(17)19(23)24/h1-12,18,22H. The summed E-state index contributed by atoms with van der Waals surface area (Å²) >= 11 is 0. The molecule has 0 spiro atoms. The lowest BCUT2D eigenvalue weighted by molar-refractivity contribution is 0.0975. The highest BCUT2D eigenvalue weighted by molar-refractivity contribution is 6.12. The van der Waals surface area contributed by atoms with Crippen LogP contribution >= 0.6 is 0 Å². The summed E-state index contributed by atoms with van der Waals surface area (Å²) in [6, 6.07) is 17.0. The Morgan fingerprint density at radius 2 is 1.79 bits per heavy atom. The number of aromatic nitrogens is 1. The summed E-state index contributed by atoms with van der Waals surface area (Å²) in [4.78, 5) is 18.8. The number of halogens is 1. The predicted octanol–water partition coefficient (Wildman–Crippen LogP) is 3.99. The fourth-order valence-corrected chi connectivity index (χ4v) is 2.89. The number of hydrogen-bond acceptors (Lipinski definition) is 3. The van der Waals surface area contributed by atoms with Crippen LogP contribution in [-0.2, 0) is 0 Å². The Morgan fingerprint density at radius 3 is 2.54 bits per heavy atom. The highest BCUT2D eigenvalue weighted by atomic mass is 19.1. The second kappa shape index (κ2) is 5.77. The van der Waals surface area contributed by atoms with Gasteiger partial charge in [0.05, 0.1) is 5.56 Å². The minimum absolute atomic E-state index is 0.134. The van der Waals surface area contributed by atoms with Crippen molar-refractivity contribution in [2.24, 2.45) is 0 Å². The fourth-order valence-electron chi connectivity index (χ4n) is 2.89. The van der Waals surface area contributed by atoms with Gasteiger partial charge in [0.15, 0.2) is 0 Å². The van der Waals surface area contributed by atoms with Crippen LogP contribution in [0.1, 0.15) is 22.1 Å². The molecule has 0 saturated heterocycles. The topological polar surface area (TPSA) is 45.2 Å². The van der Waals surface area contributed by atoms with Gasteiger partial charge in [-0.05, 0) is 42.5 Å². The number of amides is 1. The smallest absolute Gasteiger partial charge is 0.262 e. The summed E-state index contributed by atoms with van der Waals surface area (Å²) < 4.78 is 13.3. The maximum absolute atomic E-state index is 13.3. The maximum atomic E-state index is 13.3. The van der Waals surface area contributed by atoms with E-state index in [4.69, 9.17) is 0 Å². The molecular weight excluding hydrogens is 305 g/mol. The van der Waals surface area contributed by atoms with Crippen LogP contribution in [0.15, 0.2) is 73.1 Å². The zero-order valence-corrected chi connectivity index (χ0v) is 12.7. The zero-order chi connectivity index (χ0) is 16.5. The Hall–Kier alpha value is -3.21. The van der Waals surface area contributed by atoms with E-state index in [1.807, 2.05) is 30.3 Å². The van der Waals surface area contributed by atoms with Crippen molar-refractivity contribution in [1.29, 1.82) is 0 Å².